The van der Waals surface area contributed by atoms with Crippen molar-refractivity contribution >= 4 is 50.2 Å². The zero-order valence-electron chi connectivity index (χ0n) is 15.7. The molecule has 0 amide bonds. The van der Waals surface area contributed by atoms with E-state index < -0.39 is 4.92 Å². The zero-order chi connectivity index (χ0) is 20.5. The molecule has 0 aliphatic rings. The Morgan fingerprint density at radius 1 is 0.933 bits per heavy atom. The van der Waals surface area contributed by atoms with Crippen LogP contribution in [-0.2, 0) is 6.54 Å². The van der Waals surface area contributed by atoms with Crippen LogP contribution in [0.4, 0.5) is 10.8 Å². The van der Waals surface area contributed by atoms with Crippen molar-refractivity contribution in [2.45, 2.75) is 6.54 Å². The molecule has 7 nitrogen and oxygen atoms in total. The van der Waals surface area contributed by atoms with E-state index in [9.17, 15) is 10.1 Å². The van der Waals surface area contributed by atoms with Gasteiger partial charge in [-0.15, -0.1) is 10.2 Å². The van der Waals surface area contributed by atoms with E-state index in [0.29, 0.717) is 17.2 Å². The van der Waals surface area contributed by atoms with Crippen LogP contribution in [0.1, 0.15) is 10.6 Å². The first-order chi connectivity index (χ1) is 14.7. The largest absolute Gasteiger partial charge is 0.333 e. The molecule has 2 aromatic heterocycles. The quantitative estimate of drug-likeness (QED) is 0.221. The van der Waals surface area contributed by atoms with Crippen molar-refractivity contribution in [1.82, 2.24) is 14.8 Å². The Hall–Kier alpha value is -3.91. The molecule has 30 heavy (non-hydrogen) atoms. The van der Waals surface area contributed by atoms with Gasteiger partial charge in [-0.2, -0.15) is 0 Å². The predicted octanol–water partition coefficient (Wildman–Crippen LogP) is 5.35. The smallest absolute Gasteiger partial charge is 0.278 e. The predicted molar refractivity (Wildman–Crippen MR) is 119 cm³/mol. The van der Waals surface area contributed by atoms with E-state index in [1.54, 1.807) is 18.2 Å². The first-order valence-corrected chi connectivity index (χ1v) is 10.1. The van der Waals surface area contributed by atoms with Gasteiger partial charge in [0.05, 0.1) is 17.0 Å². The van der Waals surface area contributed by atoms with Crippen molar-refractivity contribution in [3.05, 3.63) is 93.5 Å². The summed E-state index contributed by atoms with van der Waals surface area (Å²) < 4.78 is 2.22. The van der Waals surface area contributed by atoms with Crippen LogP contribution in [0.25, 0.3) is 21.8 Å². The van der Waals surface area contributed by atoms with Crippen molar-refractivity contribution in [3.63, 3.8) is 0 Å². The molecule has 3 aromatic carbocycles. The van der Waals surface area contributed by atoms with Gasteiger partial charge in [0.25, 0.3) is 5.69 Å². The number of nitro benzene ring substituents is 1. The SMILES string of the molecule is O=[N+]([O-])c1ccccc1/C=N/c1nnc(Cn2c3ccccc3c3ccccc32)s1. The van der Waals surface area contributed by atoms with E-state index in [0.717, 1.165) is 16.0 Å². The summed E-state index contributed by atoms with van der Waals surface area (Å²) in [5.41, 5.74) is 2.72. The molecule has 0 N–H and O–H groups in total. The monoisotopic (exact) mass is 413 g/mol. The van der Waals surface area contributed by atoms with Crippen LogP contribution in [0.2, 0.25) is 0 Å². The van der Waals surface area contributed by atoms with Gasteiger partial charge in [0.15, 0.2) is 0 Å². The second-order valence-electron chi connectivity index (χ2n) is 6.67. The lowest BCUT2D eigenvalue weighted by atomic mass is 10.2. The number of fused-ring (bicyclic) bond motifs is 3. The highest BCUT2D eigenvalue weighted by molar-refractivity contribution is 7.14. The third-order valence-electron chi connectivity index (χ3n) is 4.88. The molecule has 0 unspecified atom stereocenters. The number of para-hydroxylation sites is 3. The number of hydrogen-bond acceptors (Lipinski definition) is 6. The minimum Gasteiger partial charge on any atom is -0.333 e. The van der Waals surface area contributed by atoms with Crippen molar-refractivity contribution in [3.8, 4) is 0 Å². The Bertz CT molecular complexity index is 1370. The number of aromatic nitrogens is 3. The summed E-state index contributed by atoms with van der Waals surface area (Å²) >= 11 is 1.37. The van der Waals surface area contributed by atoms with Crippen LogP contribution in [0.5, 0.6) is 0 Å². The van der Waals surface area contributed by atoms with Gasteiger partial charge >= 0.3 is 0 Å². The summed E-state index contributed by atoms with van der Waals surface area (Å²) in [4.78, 5) is 15.0. The molecule has 0 bridgehead atoms. The van der Waals surface area contributed by atoms with Crippen LogP contribution < -0.4 is 0 Å². The second kappa shape index (κ2) is 7.49. The summed E-state index contributed by atoms with van der Waals surface area (Å²) in [6.07, 6.45) is 1.46. The van der Waals surface area contributed by atoms with E-state index in [2.05, 4.69) is 44.0 Å². The minimum atomic E-state index is -0.421. The lowest BCUT2D eigenvalue weighted by Crippen LogP contribution is -1.98. The van der Waals surface area contributed by atoms with E-state index >= 15 is 0 Å². The number of rotatable bonds is 5. The summed E-state index contributed by atoms with van der Waals surface area (Å²) in [7, 11) is 0. The minimum absolute atomic E-state index is 0.0104. The summed E-state index contributed by atoms with van der Waals surface area (Å²) in [6.45, 7) is 0.576. The maximum Gasteiger partial charge on any atom is 0.278 e. The highest BCUT2D eigenvalue weighted by atomic mass is 32.1. The average molecular weight is 413 g/mol. The van der Waals surface area contributed by atoms with E-state index in [-0.39, 0.29) is 5.69 Å². The Morgan fingerprint density at radius 2 is 1.57 bits per heavy atom. The number of benzene rings is 3. The number of nitrogens with zero attached hydrogens (tertiary/aromatic N) is 5. The van der Waals surface area contributed by atoms with Gasteiger partial charge < -0.3 is 4.57 Å². The first-order valence-electron chi connectivity index (χ1n) is 9.26. The highest BCUT2D eigenvalue weighted by Crippen LogP contribution is 2.30. The Morgan fingerprint density at radius 3 is 2.27 bits per heavy atom. The Labute approximate surface area is 175 Å². The van der Waals surface area contributed by atoms with Crippen LogP contribution in [0.3, 0.4) is 0 Å². The van der Waals surface area contributed by atoms with Gasteiger partial charge in [-0.1, -0.05) is 59.9 Å². The van der Waals surface area contributed by atoms with Crippen molar-refractivity contribution in [2.24, 2.45) is 4.99 Å². The topological polar surface area (TPSA) is 86.2 Å². The normalized spacial score (nSPS) is 11.6. The Kier molecular flexibility index (Phi) is 4.53. The third-order valence-corrected chi connectivity index (χ3v) is 5.69. The lowest BCUT2D eigenvalue weighted by molar-refractivity contribution is -0.385. The molecule has 0 radical (unpaired) electrons. The number of nitro groups is 1. The van der Waals surface area contributed by atoms with Gasteiger partial charge in [0.2, 0.25) is 5.13 Å². The molecule has 0 fully saturated rings. The molecule has 0 aliphatic heterocycles. The highest BCUT2D eigenvalue weighted by Gasteiger charge is 2.13. The summed E-state index contributed by atoms with van der Waals surface area (Å²) in [5, 5.41) is 23.2. The fraction of sp³-hybridized carbons (Fsp3) is 0.0455. The summed E-state index contributed by atoms with van der Waals surface area (Å²) in [5.74, 6) is 0. The molecule has 0 atom stereocenters. The molecule has 146 valence electrons. The van der Waals surface area contributed by atoms with Gasteiger partial charge in [-0.25, -0.2) is 4.99 Å². The van der Waals surface area contributed by atoms with Crippen molar-refractivity contribution in [2.75, 3.05) is 0 Å². The number of aliphatic imine (C=N–C) groups is 1. The van der Waals surface area contributed by atoms with Crippen molar-refractivity contribution in [1.29, 1.82) is 0 Å². The maximum absolute atomic E-state index is 11.1. The van der Waals surface area contributed by atoms with Crippen LogP contribution in [0, 0.1) is 10.1 Å². The van der Waals surface area contributed by atoms with Gasteiger partial charge in [-0.3, -0.25) is 10.1 Å². The van der Waals surface area contributed by atoms with E-state index in [1.165, 1.54) is 34.4 Å². The fourth-order valence-electron chi connectivity index (χ4n) is 3.56. The van der Waals surface area contributed by atoms with Crippen molar-refractivity contribution < 1.29 is 4.92 Å². The fourth-order valence-corrected chi connectivity index (χ4v) is 4.23. The van der Waals surface area contributed by atoms with Crippen LogP contribution in [-0.4, -0.2) is 25.9 Å². The molecular weight excluding hydrogens is 398 g/mol. The van der Waals surface area contributed by atoms with Gasteiger partial charge in [0.1, 0.15) is 5.01 Å². The maximum atomic E-state index is 11.1. The van der Waals surface area contributed by atoms with Gasteiger partial charge in [-0.05, 0) is 18.2 Å². The summed E-state index contributed by atoms with van der Waals surface area (Å²) in [6, 6.07) is 23.1. The molecule has 0 saturated carbocycles. The molecule has 0 spiro atoms. The molecule has 5 aromatic rings. The molecule has 5 rings (SSSR count). The van der Waals surface area contributed by atoms with Crippen LogP contribution in [0.15, 0.2) is 77.8 Å². The lowest BCUT2D eigenvalue weighted by Gasteiger charge is -2.04. The molecule has 8 heteroatoms. The second-order valence-corrected chi connectivity index (χ2v) is 7.71. The molecule has 0 saturated heterocycles. The third kappa shape index (κ3) is 3.23. The molecular formula is C22H15N5O2S. The molecule has 2 heterocycles. The average Bonchev–Trinajstić information content (AvgIpc) is 3.36. The van der Waals surface area contributed by atoms with E-state index in [1.807, 2.05) is 24.3 Å². The standard InChI is InChI=1S/C22H15N5O2S/c28-27(29)18-10-4-1-7-15(18)13-23-22-25-24-21(30-22)14-26-19-11-5-2-8-16(19)17-9-3-6-12-20(17)26/h1-13H,14H2/b23-13+. The Balaban J connectivity index is 1.47. The van der Waals surface area contributed by atoms with Gasteiger partial charge in [0, 0.05) is 34.1 Å². The van der Waals surface area contributed by atoms with E-state index in [4.69, 9.17) is 0 Å². The molecule has 0 aliphatic carbocycles. The van der Waals surface area contributed by atoms with Crippen LogP contribution >= 0.6 is 11.3 Å². The first kappa shape index (κ1) is 18.1. The number of hydrogen-bond donors (Lipinski definition) is 0. The zero-order valence-corrected chi connectivity index (χ0v) is 16.5.